The number of hydrogen-bond acceptors (Lipinski definition) is 3. The van der Waals surface area contributed by atoms with E-state index < -0.39 is 5.66 Å². The summed E-state index contributed by atoms with van der Waals surface area (Å²) < 4.78 is 23.2. The van der Waals surface area contributed by atoms with Gasteiger partial charge in [-0.1, -0.05) is 43.7 Å². The molecular formula is C30H37ClFN3O2. The van der Waals surface area contributed by atoms with E-state index in [1.807, 2.05) is 25.1 Å². The highest BCUT2D eigenvalue weighted by atomic mass is 35.5. The lowest BCUT2D eigenvalue weighted by Crippen LogP contribution is -2.57. The highest BCUT2D eigenvalue weighted by Crippen LogP contribution is 2.44. The summed E-state index contributed by atoms with van der Waals surface area (Å²) in [4.78, 5) is 20.6. The van der Waals surface area contributed by atoms with Gasteiger partial charge in [-0.2, -0.15) is 0 Å². The summed E-state index contributed by atoms with van der Waals surface area (Å²) in [5.41, 5.74) is 1.80. The molecule has 2 aromatic carbocycles. The molecule has 37 heavy (non-hydrogen) atoms. The Hall–Kier alpha value is -2.60. The molecule has 0 bridgehead atoms. The minimum atomic E-state index is -0.597. The van der Waals surface area contributed by atoms with Gasteiger partial charge in [0.1, 0.15) is 29.7 Å². The molecule has 7 heteroatoms. The predicted molar refractivity (Wildman–Crippen MR) is 145 cm³/mol. The first-order chi connectivity index (χ1) is 17.9. The van der Waals surface area contributed by atoms with Crippen LogP contribution in [0.2, 0.25) is 5.02 Å². The van der Waals surface area contributed by atoms with E-state index in [0.717, 1.165) is 92.4 Å². The van der Waals surface area contributed by atoms with Crippen molar-refractivity contribution < 1.29 is 13.9 Å². The zero-order valence-corrected chi connectivity index (χ0v) is 22.7. The number of aromatic nitrogens is 2. The fourth-order valence-electron chi connectivity index (χ4n) is 6.67. The fraction of sp³-hybridized carbons (Fsp3) is 0.533. The molecule has 2 fully saturated rings. The molecule has 2 aliphatic rings. The minimum absolute atomic E-state index is 0.0902. The maximum atomic E-state index is 14.7. The second-order valence-electron chi connectivity index (χ2n) is 10.8. The number of ether oxygens (including phenoxy) is 1. The third-order valence-electron chi connectivity index (χ3n) is 8.23. The average Bonchev–Trinajstić information content (AvgIpc) is 3.06. The first-order valence-corrected chi connectivity index (χ1v) is 14.1. The van der Waals surface area contributed by atoms with Crippen LogP contribution >= 0.6 is 11.6 Å². The molecule has 1 amide bonds. The number of benzene rings is 2. The van der Waals surface area contributed by atoms with E-state index in [9.17, 15) is 9.18 Å². The zero-order chi connectivity index (χ0) is 26.0. The number of rotatable bonds is 6. The van der Waals surface area contributed by atoms with Gasteiger partial charge in [-0.15, -0.1) is 0 Å². The molecule has 1 aromatic heterocycles. The summed E-state index contributed by atoms with van der Waals surface area (Å²) in [6.07, 6.45) is 11.5. The van der Waals surface area contributed by atoms with Crippen molar-refractivity contribution in [2.75, 3.05) is 0 Å². The smallest absolute Gasteiger partial charge is 0.221 e. The molecule has 0 radical (unpaired) electrons. The van der Waals surface area contributed by atoms with Gasteiger partial charge in [-0.25, -0.2) is 9.37 Å². The monoisotopic (exact) mass is 525 g/mol. The third kappa shape index (κ3) is 5.22. The fourth-order valence-corrected chi connectivity index (χ4v) is 6.90. The Bertz CT molecular complexity index is 1260. The molecule has 5 nitrogen and oxygen atoms in total. The van der Waals surface area contributed by atoms with Crippen LogP contribution in [0.25, 0.3) is 11.0 Å². The van der Waals surface area contributed by atoms with Crippen molar-refractivity contribution in [3.8, 4) is 5.75 Å². The van der Waals surface area contributed by atoms with Crippen LogP contribution in [0.5, 0.6) is 5.75 Å². The first kappa shape index (κ1) is 26.0. The zero-order valence-electron chi connectivity index (χ0n) is 21.9. The number of amides is 1. The molecular weight excluding hydrogens is 489 g/mol. The molecule has 5 rings (SSSR count). The van der Waals surface area contributed by atoms with Gasteiger partial charge in [0, 0.05) is 18.0 Å². The van der Waals surface area contributed by atoms with Gasteiger partial charge < -0.3 is 14.2 Å². The number of nitrogens with zero attached hydrogens (tertiary/aromatic N) is 3. The predicted octanol–water partition coefficient (Wildman–Crippen LogP) is 7.90. The largest absolute Gasteiger partial charge is 0.485 e. The molecule has 0 atom stereocenters. The summed E-state index contributed by atoms with van der Waals surface area (Å²) in [5, 5.41) is 0.662. The maximum absolute atomic E-state index is 14.7. The molecule has 0 spiro atoms. The number of imidazole rings is 1. The van der Waals surface area contributed by atoms with E-state index in [0.29, 0.717) is 5.02 Å². The van der Waals surface area contributed by atoms with Crippen LogP contribution in [0, 0.1) is 12.7 Å². The van der Waals surface area contributed by atoms with Crippen LogP contribution in [0.15, 0.2) is 36.4 Å². The highest BCUT2D eigenvalue weighted by molar-refractivity contribution is 6.30. The summed E-state index contributed by atoms with van der Waals surface area (Å²) in [6.45, 7) is 3.89. The number of hydrogen-bond donors (Lipinski definition) is 0. The quantitative estimate of drug-likeness (QED) is 0.307. The molecule has 2 saturated carbocycles. The van der Waals surface area contributed by atoms with Crippen LogP contribution < -0.4 is 4.74 Å². The molecule has 0 aliphatic heterocycles. The molecule has 3 aromatic rings. The summed E-state index contributed by atoms with van der Waals surface area (Å²) in [6, 6.07) is 10.5. The Morgan fingerprint density at radius 2 is 1.78 bits per heavy atom. The van der Waals surface area contributed by atoms with Crippen molar-refractivity contribution in [1.82, 2.24) is 14.5 Å². The van der Waals surface area contributed by atoms with Crippen LogP contribution in [0.3, 0.4) is 0 Å². The molecule has 2 aliphatic carbocycles. The van der Waals surface area contributed by atoms with Crippen molar-refractivity contribution >= 4 is 28.5 Å². The Morgan fingerprint density at radius 1 is 1.08 bits per heavy atom. The SMILES string of the molecule is CC(=O)N(C1CCCCC1)C1(n2c(COc3ccc(Cl)cc3C)nc3ccc(F)cc32)CCCCCC1. The van der Waals surface area contributed by atoms with Gasteiger partial charge in [0.2, 0.25) is 5.91 Å². The van der Waals surface area contributed by atoms with E-state index >= 15 is 0 Å². The van der Waals surface area contributed by atoms with E-state index in [2.05, 4.69) is 9.47 Å². The van der Waals surface area contributed by atoms with E-state index in [-0.39, 0.29) is 24.4 Å². The first-order valence-electron chi connectivity index (χ1n) is 13.8. The molecule has 198 valence electrons. The second kappa shape index (κ2) is 11.0. The van der Waals surface area contributed by atoms with Gasteiger partial charge in [-0.05, 0) is 87.4 Å². The molecule has 0 N–H and O–H groups in total. The van der Waals surface area contributed by atoms with Crippen LogP contribution in [-0.2, 0) is 17.1 Å². The van der Waals surface area contributed by atoms with E-state index in [1.54, 1.807) is 19.1 Å². The standard InChI is InChI=1S/C30H37ClFN3O2/c1-21-18-23(31)12-15-28(21)37-20-29-33-26-14-13-24(32)19-27(26)35(29)30(16-8-3-4-9-17-30)34(22(2)36)25-10-6-5-7-11-25/h12-15,18-19,25H,3-11,16-17,20H2,1-2H3. The molecule has 1 heterocycles. The van der Waals surface area contributed by atoms with Gasteiger partial charge in [0.15, 0.2) is 0 Å². The maximum Gasteiger partial charge on any atom is 0.221 e. The normalized spacial score (nSPS) is 18.5. The number of carbonyl (C=O) groups excluding carboxylic acids is 1. The lowest BCUT2D eigenvalue weighted by atomic mass is 9.88. The lowest BCUT2D eigenvalue weighted by Gasteiger charge is -2.50. The van der Waals surface area contributed by atoms with Crippen molar-refractivity contribution in [3.63, 3.8) is 0 Å². The number of carbonyl (C=O) groups is 1. The Balaban J connectivity index is 1.66. The topological polar surface area (TPSA) is 47.4 Å². The summed E-state index contributed by atoms with van der Waals surface area (Å²) in [5.74, 6) is 1.25. The van der Waals surface area contributed by atoms with Crippen LogP contribution in [0.4, 0.5) is 4.39 Å². The number of fused-ring (bicyclic) bond motifs is 1. The Labute approximate surface area is 224 Å². The average molecular weight is 526 g/mol. The Morgan fingerprint density at radius 3 is 2.46 bits per heavy atom. The Kier molecular flexibility index (Phi) is 7.75. The van der Waals surface area contributed by atoms with Gasteiger partial charge in [-0.3, -0.25) is 4.79 Å². The van der Waals surface area contributed by atoms with E-state index in [1.165, 1.54) is 12.5 Å². The van der Waals surface area contributed by atoms with Crippen LogP contribution in [-0.4, -0.2) is 26.4 Å². The minimum Gasteiger partial charge on any atom is -0.485 e. The van der Waals surface area contributed by atoms with Gasteiger partial charge >= 0.3 is 0 Å². The molecule has 0 saturated heterocycles. The lowest BCUT2D eigenvalue weighted by molar-refractivity contribution is -0.148. The number of halogens is 2. The third-order valence-corrected chi connectivity index (χ3v) is 8.46. The van der Waals surface area contributed by atoms with Crippen molar-refractivity contribution in [2.24, 2.45) is 0 Å². The van der Waals surface area contributed by atoms with Crippen molar-refractivity contribution in [1.29, 1.82) is 0 Å². The van der Waals surface area contributed by atoms with Crippen molar-refractivity contribution in [3.05, 3.63) is 58.6 Å². The van der Waals surface area contributed by atoms with Crippen molar-refractivity contribution in [2.45, 2.75) is 103 Å². The number of aryl methyl sites for hydroxylation is 1. The highest BCUT2D eigenvalue weighted by Gasteiger charge is 2.46. The summed E-state index contributed by atoms with van der Waals surface area (Å²) in [7, 11) is 0. The second-order valence-corrected chi connectivity index (χ2v) is 11.2. The van der Waals surface area contributed by atoms with E-state index in [4.69, 9.17) is 21.3 Å². The summed E-state index contributed by atoms with van der Waals surface area (Å²) >= 11 is 6.16. The van der Waals surface area contributed by atoms with Gasteiger partial charge in [0.05, 0.1) is 11.0 Å². The van der Waals surface area contributed by atoms with Gasteiger partial charge in [0.25, 0.3) is 0 Å². The molecule has 0 unspecified atom stereocenters. The van der Waals surface area contributed by atoms with Crippen LogP contribution in [0.1, 0.15) is 88.9 Å².